The number of rotatable bonds is 7. The Labute approximate surface area is 161 Å². The summed E-state index contributed by atoms with van der Waals surface area (Å²) in [5.41, 5.74) is 0.566. The van der Waals surface area contributed by atoms with Crippen LogP contribution in [0.3, 0.4) is 0 Å². The molecule has 0 spiro atoms. The molecule has 0 atom stereocenters. The number of carbonyl (C=O) groups is 1. The standard InChI is InChI=1S/C21H20O7/c1-4-26-18(22)12-27-21-19(23)14-7-5-6-8-15(14)28-20(21)13-9-10-16(24-2)17(11-13)25-3/h5-11H,4,12H2,1-3H3. The topological polar surface area (TPSA) is 84.2 Å². The van der Waals surface area contributed by atoms with Crippen LogP contribution in [0.5, 0.6) is 17.2 Å². The maximum absolute atomic E-state index is 13.0. The van der Waals surface area contributed by atoms with Gasteiger partial charge in [-0.05, 0) is 37.3 Å². The summed E-state index contributed by atoms with van der Waals surface area (Å²) in [7, 11) is 3.04. The number of hydrogen-bond donors (Lipinski definition) is 0. The average molecular weight is 384 g/mol. The van der Waals surface area contributed by atoms with Gasteiger partial charge in [0.25, 0.3) is 0 Å². The van der Waals surface area contributed by atoms with Crippen LogP contribution in [0.15, 0.2) is 51.7 Å². The largest absolute Gasteiger partial charge is 0.493 e. The fourth-order valence-electron chi connectivity index (χ4n) is 2.76. The first-order valence-electron chi connectivity index (χ1n) is 8.65. The summed E-state index contributed by atoms with van der Waals surface area (Å²) >= 11 is 0. The van der Waals surface area contributed by atoms with Crippen LogP contribution in [-0.4, -0.2) is 33.4 Å². The third-order valence-electron chi connectivity index (χ3n) is 4.04. The van der Waals surface area contributed by atoms with E-state index in [2.05, 4.69) is 0 Å². The van der Waals surface area contributed by atoms with Crippen molar-refractivity contribution in [1.82, 2.24) is 0 Å². The van der Waals surface area contributed by atoms with E-state index in [-0.39, 0.29) is 23.5 Å². The Kier molecular flexibility index (Phi) is 5.84. The van der Waals surface area contributed by atoms with E-state index in [9.17, 15) is 9.59 Å². The highest BCUT2D eigenvalue weighted by atomic mass is 16.6. The SMILES string of the molecule is CCOC(=O)COc1c(-c2ccc(OC)c(OC)c2)oc2ccccc2c1=O. The van der Waals surface area contributed by atoms with Crippen molar-refractivity contribution in [1.29, 1.82) is 0 Å². The third kappa shape index (κ3) is 3.78. The van der Waals surface area contributed by atoms with Gasteiger partial charge < -0.3 is 23.4 Å². The van der Waals surface area contributed by atoms with Crippen LogP contribution in [0, 0.1) is 0 Å². The van der Waals surface area contributed by atoms with Crippen molar-refractivity contribution in [3.8, 4) is 28.6 Å². The molecule has 3 aromatic rings. The first-order valence-corrected chi connectivity index (χ1v) is 8.65. The van der Waals surface area contributed by atoms with E-state index < -0.39 is 12.6 Å². The van der Waals surface area contributed by atoms with Gasteiger partial charge in [0.1, 0.15) is 5.58 Å². The van der Waals surface area contributed by atoms with Crippen LogP contribution in [0.1, 0.15) is 6.92 Å². The Morgan fingerprint density at radius 3 is 2.50 bits per heavy atom. The van der Waals surface area contributed by atoms with Gasteiger partial charge in [0.05, 0.1) is 26.2 Å². The van der Waals surface area contributed by atoms with Crippen molar-refractivity contribution >= 4 is 16.9 Å². The zero-order valence-corrected chi connectivity index (χ0v) is 15.8. The highest BCUT2D eigenvalue weighted by Gasteiger charge is 2.20. The molecule has 1 heterocycles. The lowest BCUT2D eigenvalue weighted by molar-refractivity contribution is -0.145. The van der Waals surface area contributed by atoms with Crippen molar-refractivity contribution in [3.05, 3.63) is 52.7 Å². The highest BCUT2D eigenvalue weighted by Crippen LogP contribution is 2.36. The van der Waals surface area contributed by atoms with Gasteiger partial charge in [-0.25, -0.2) is 4.79 Å². The number of methoxy groups -OCH3 is 2. The van der Waals surface area contributed by atoms with Gasteiger partial charge in [0.2, 0.25) is 11.2 Å². The average Bonchev–Trinajstić information content (AvgIpc) is 2.72. The predicted octanol–water partition coefficient (Wildman–Crippen LogP) is 3.42. The summed E-state index contributed by atoms with van der Waals surface area (Å²) < 4.78 is 26.9. The molecule has 3 rings (SSSR count). The lowest BCUT2D eigenvalue weighted by Gasteiger charge is -2.13. The van der Waals surface area contributed by atoms with Crippen LogP contribution in [0.4, 0.5) is 0 Å². The predicted molar refractivity (Wildman–Crippen MR) is 103 cm³/mol. The van der Waals surface area contributed by atoms with Crippen LogP contribution in [0.25, 0.3) is 22.3 Å². The minimum absolute atomic E-state index is 0.0704. The Bertz CT molecular complexity index is 1050. The zero-order valence-electron chi connectivity index (χ0n) is 15.8. The molecule has 0 saturated heterocycles. The number of para-hydroxylation sites is 1. The first kappa shape index (κ1) is 19.3. The summed E-state index contributed by atoms with van der Waals surface area (Å²) in [5, 5.41) is 0.352. The summed E-state index contributed by atoms with van der Waals surface area (Å²) in [4.78, 5) is 24.7. The third-order valence-corrected chi connectivity index (χ3v) is 4.04. The molecule has 0 amide bonds. The number of hydrogen-bond acceptors (Lipinski definition) is 7. The lowest BCUT2D eigenvalue weighted by atomic mass is 10.1. The Morgan fingerprint density at radius 1 is 1.04 bits per heavy atom. The summed E-state index contributed by atoms with van der Waals surface area (Å²) in [6, 6.07) is 11.9. The van der Waals surface area contributed by atoms with Gasteiger partial charge in [-0.15, -0.1) is 0 Å². The van der Waals surface area contributed by atoms with E-state index in [0.29, 0.717) is 28.0 Å². The number of esters is 1. The van der Waals surface area contributed by atoms with Crippen molar-refractivity contribution in [2.75, 3.05) is 27.4 Å². The molecular weight excluding hydrogens is 364 g/mol. The Hall–Kier alpha value is -3.48. The van der Waals surface area contributed by atoms with E-state index in [0.717, 1.165) is 0 Å². The van der Waals surface area contributed by atoms with Gasteiger partial charge in [-0.3, -0.25) is 4.79 Å². The number of fused-ring (bicyclic) bond motifs is 1. The molecule has 0 aliphatic carbocycles. The summed E-state index contributed by atoms with van der Waals surface area (Å²) in [6.45, 7) is 1.51. The first-order chi connectivity index (χ1) is 13.6. The molecule has 1 aromatic heterocycles. The molecule has 0 fully saturated rings. The van der Waals surface area contributed by atoms with Crippen LogP contribution in [0.2, 0.25) is 0 Å². The summed E-state index contributed by atoms with van der Waals surface area (Å²) in [6.07, 6.45) is 0. The molecule has 2 aromatic carbocycles. The van der Waals surface area contributed by atoms with E-state index >= 15 is 0 Å². The van der Waals surface area contributed by atoms with Crippen LogP contribution < -0.4 is 19.6 Å². The van der Waals surface area contributed by atoms with E-state index in [1.54, 1.807) is 49.4 Å². The smallest absolute Gasteiger partial charge is 0.344 e. The normalized spacial score (nSPS) is 10.5. The van der Waals surface area contributed by atoms with Gasteiger partial charge >= 0.3 is 5.97 Å². The molecule has 0 bridgehead atoms. The van der Waals surface area contributed by atoms with Crippen LogP contribution in [-0.2, 0) is 9.53 Å². The zero-order chi connectivity index (χ0) is 20.1. The second-order valence-electron chi connectivity index (χ2n) is 5.75. The molecule has 0 saturated carbocycles. The molecule has 0 unspecified atom stereocenters. The van der Waals surface area contributed by atoms with E-state index in [1.165, 1.54) is 14.2 Å². The van der Waals surface area contributed by atoms with Gasteiger partial charge in [-0.1, -0.05) is 12.1 Å². The molecule has 7 heteroatoms. The molecular formula is C21H20O7. The molecule has 0 aliphatic heterocycles. The number of benzene rings is 2. The van der Waals surface area contributed by atoms with Crippen molar-refractivity contribution in [2.24, 2.45) is 0 Å². The fourth-order valence-corrected chi connectivity index (χ4v) is 2.76. The molecule has 0 aliphatic rings. The highest BCUT2D eigenvalue weighted by molar-refractivity contribution is 5.82. The molecule has 0 N–H and O–H groups in total. The van der Waals surface area contributed by atoms with Gasteiger partial charge in [0, 0.05) is 5.56 Å². The van der Waals surface area contributed by atoms with E-state index in [4.69, 9.17) is 23.4 Å². The quantitative estimate of drug-likeness (QED) is 0.577. The second kappa shape index (κ2) is 8.47. The maximum Gasteiger partial charge on any atom is 0.344 e. The van der Waals surface area contributed by atoms with Crippen molar-refractivity contribution in [3.63, 3.8) is 0 Å². The van der Waals surface area contributed by atoms with Gasteiger partial charge in [0.15, 0.2) is 23.9 Å². The van der Waals surface area contributed by atoms with Gasteiger partial charge in [-0.2, -0.15) is 0 Å². The van der Waals surface area contributed by atoms with Crippen molar-refractivity contribution < 1.29 is 28.2 Å². The van der Waals surface area contributed by atoms with Crippen LogP contribution >= 0.6 is 0 Å². The van der Waals surface area contributed by atoms with E-state index in [1.807, 2.05) is 0 Å². The lowest BCUT2D eigenvalue weighted by Crippen LogP contribution is -2.18. The molecule has 0 radical (unpaired) electrons. The maximum atomic E-state index is 13.0. The Morgan fingerprint density at radius 2 is 1.79 bits per heavy atom. The summed E-state index contributed by atoms with van der Waals surface area (Å²) in [5.74, 6) is 0.539. The second-order valence-corrected chi connectivity index (χ2v) is 5.75. The monoisotopic (exact) mass is 384 g/mol. The minimum atomic E-state index is -0.576. The number of ether oxygens (including phenoxy) is 4. The van der Waals surface area contributed by atoms with Crippen molar-refractivity contribution in [2.45, 2.75) is 6.92 Å². The fraction of sp³-hybridized carbons (Fsp3) is 0.238. The molecule has 7 nitrogen and oxygen atoms in total. The minimum Gasteiger partial charge on any atom is -0.493 e. The Balaban J connectivity index is 2.15. The molecule has 146 valence electrons. The number of carbonyl (C=O) groups excluding carboxylic acids is 1. The molecule has 28 heavy (non-hydrogen) atoms.